The van der Waals surface area contributed by atoms with Crippen LogP contribution < -0.4 is 5.73 Å². The molecule has 3 N–H and O–H groups in total. The molecule has 0 bridgehead atoms. The summed E-state index contributed by atoms with van der Waals surface area (Å²) < 4.78 is 5.13. The number of aliphatic hydroxyl groups is 1. The van der Waals surface area contributed by atoms with Gasteiger partial charge in [-0.25, -0.2) is 0 Å². The zero-order chi connectivity index (χ0) is 13.9. The van der Waals surface area contributed by atoms with Crippen molar-refractivity contribution < 1.29 is 14.6 Å². The molecule has 1 aromatic rings. The molecule has 0 amide bonds. The van der Waals surface area contributed by atoms with Gasteiger partial charge in [-0.2, -0.15) is 0 Å². The van der Waals surface area contributed by atoms with Crippen molar-refractivity contribution >= 4 is 5.97 Å². The maximum Gasteiger partial charge on any atom is 0.326 e. The number of carbonyl (C=O) groups excluding carboxylic acids is 1. The third-order valence-corrected chi connectivity index (χ3v) is 2.35. The van der Waals surface area contributed by atoms with Crippen LogP contribution in [0.1, 0.15) is 38.1 Å². The highest BCUT2D eigenvalue weighted by Crippen LogP contribution is 2.19. The fourth-order valence-electron chi connectivity index (χ4n) is 1.48. The van der Waals surface area contributed by atoms with Crippen LogP contribution in [0.4, 0.5) is 0 Å². The summed E-state index contributed by atoms with van der Waals surface area (Å²) in [7, 11) is 0. The molecule has 1 aromatic heterocycles. The van der Waals surface area contributed by atoms with E-state index in [9.17, 15) is 9.90 Å². The first kappa shape index (κ1) is 14.6. The second-order valence-corrected chi connectivity index (χ2v) is 5.21. The van der Waals surface area contributed by atoms with Crippen LogP contribution in [-0.2, 0) is 9.53 Å². The van der Waals surface area contributed by atoms with Gasteiger partial charge in [-0.05, 0) is 39.3 Å². The van der Waals surface area contributed by atoms with Gasteiger partial charge in [0.25, 0.3) is 0 Å². The van der Waals surface area contributed by atoms with E-state index in [1.54, 1.807) is 46.0 Å². The first-order valence-corrected chi connectivity index (χ1v) is 5.80. The Morgan fingerprint density at radius 1 is 1.50 bits per heavy atom. The average molecular weight is 252 g/mol. The van der Waals surface area contributed by atoms with Crippen LogP contribution >= 0.6 is 0 Å². The van der Waals surface area contributed by atoms with E-state index >= 15 is 0 Å². The van der Waals surface area contributed by atoms with E-state index in [1.807, 2.05) is 0 Å². The molecule has 0 aliphatic rings. The van der Waals surface area contributed by atoms with Crippen molar-refractivity contribution in [3.8, 4) is 0 Å². The monoisotopic (exact) mass is 252 g/mol. The number of hydrogen-bond donors (Lipinski definition) is 2. The summed E-state index contributed by atoms with van der Waals surface area (Å²) in [5.74, 6) is -0.639. The lowest BCUT2D eigenvalue weighted by atomic mass is 10.0. The Kier molecular flexibility index (Phi) is 4.43. The molecule has 0 radical (unpaired) electrons. The zero-order valence-corrected chi connectivity index (χ0v) is 11.2. The summed E-state index contributed by atoms with van der Waals surface area (Å²) in [5.41, 5.74) is 6.25. The van der Waals surface area contributed by atoms with Crippen LogP contribution in [0.3, 0.4) is 0 Å². The third kappa shape index (κ3) is 3.78. The molecule has 0 aliphatic carbocycles. The van der Waals surface area contributed by atoms with Crippen LogP contribution in [0.2, 0.25) is 0 Å². The topological polar surface area (TPSA) is 85.4 Å². The van der Waals surface area contributed by atoms with Gasteiger partial charge in [0.05, 0.1) is 5.69 Å². The number of nitrogens with two attached hydrogens (primary N) is 1. The number of hydrogen-bond acceptors (Lipinski definition) is 5. The number of aromatic nitrogens is 1. The van der Waals surface area contributed by atoms with Gasteiger partial charge < -0.3 is 15.6 Å². The lowest BCUT2D eigenvalue weighted by Gasteiger charge is -2.24. The SMILES string of the molecule is Cc1cccnc1[C@H](O)[C@@H](N)C(=O)OC(C)(C)C. The largest absolute Gasteiger partial charge is 0.459 e. The molecule has 0 aromatic carbocycles. The second kappa shape index (κ2) is 5.46. The number of ether oxygens (including phenoxy) is 1. The fraction of sp³-hybridized carbons (Fsp3) is 0.538. The average Bonchev–Trinajstić information content (AvgIpc) is 2.25. The molecule has 100 valence electrons. The Morgan fingerprint density at radius 3 is 2.61 bits per heavy atom. The minimum atomic E-state index is -1.17. The molecule has 0 saturated carbocycles. The molecule has 1 rings (SSSR count). The van der Waals surface area contributed by atoms with Crippen molar-refractivity contribution in [2.75, 3.05) is 0 Å². The van der Waals surface area contributed by atoms with E-state index < -0.39 is 23.7 Å². The summed E-state index contributed by atoms with van der Waals surface area (Å²) >= 11 is 0. The second-order valence-electron chi connectivity index (χ2n) is 5.21. The van der Waals surface area contributed by atoms with Crippen molar-refractivity contribution in [1.82, 2.24) is 4.98 Å². The molecule has 0 spiro atoms. The van der Waals surface area contributed by atoms with Crippen LogP contribution in [0, 0.1) is 6.92 Å². The summed E-state index contributed by atoms with van der Waals surface area (Å²) in [5, 5.41) is 10.0. The molecule has 0 saturated heterocycles. The highest BCUT2D eigenvalue weighted by Gasteiger charge is 2.30. The Morgan fingerprint density at radius 2 is 2.11 bits per heavy atom. The Hall–Kier alpha value is -1.46. The van der Waals surface area contributed by atoms with E-state index in [2.05, 4.69) is 4.98 Å². The number of nitrogens with zero attached hydrogens (tertiary/aromatic N) is 1. The summed E-state index contributed by atoms with van der Waals surface area (Å²) in [6.45, 7) is 7.04. The molecule has 0 aliphatic heterocycles. The molecule has 1 heterocycles. The van der Waals surface area contributed by atoms with Gasteiger partial charge in [-0.15, -0.1) is 0 Å². The molecule has 2 atom stereocenters. The predicted octanol–water partition coefficient (Wildman–Crippen LogP) is 1.09. The van der Waals surface area contributed by atoms with Crippen molar-refractivity contribution in [2.24, 2.45) is 5.73 Å². The number of esters is 1. The molecule has 0 fully saturated rings. The van der Waals surface area contributed by atoms with E-state index in [1.165, 1.54) is 0 Å². The van der Waals surface area contributed by atoms with E-state index in [4.69, 9.17) is 10.5 Å². The van der Waals surface area contributed by atoms with Crippen molar-refractivity contribution in [2.45, 2.75) is 45.4 Å². The van der Waals surface area contributed by atoms with Crippen molar-refractivity contribution in [3.05, 3.63) is 29.6 Å². The van der Waals surface area contributed by atoms with Gasteiger partial charge in [0.2, 0.25) is 0 Å². The molecular weight excluding hydrogens is 232 g/mol. The van der Waals surface area contributed by atoms with Gasteiger partial charge in [0.1, 0.15) is 17.7 Å². The number of aliphatic hydroxyl groups excluding tert-OH is 1. The maximum absolute atomic E-state index is 11.7. The molecule has 18 heavy (non-hydrogen) atoms. The molecule has 5 nitrogen and oxygen atoms in total. The predicted molar refractivity (Wildman–Crippen MR) is 67.8 cm³/mol. The fourth-order valence-corrected chi connectivity index (χ4v) is 1.48. The highest BCUT2D eigenvalue weighted by molar-refractivity contribution is 5.76. The summed E-state index contributed by atoms with van der Waals surface area (Å²) in [4.78, 5) is 15.8. The van der Waals surface area contributed by atoms with Crippen molar-refractivity contribution in [1.29, 1.82) is 0 Å². The Balaban J connectivity index is 2.82. The van der Waals surface area contributed by atoms with Gasteiger partial charge in [-0.3, -0.25) is 9.78 Å². The first-order valence-electron chi connectivity index (χ1n) is 5.80. The number of pyridine rings is 1. The quantitative estimate of drug-likeness (QED) is 0.787. The van der Waals surface area contributed by atoms with E-state index in [0.29, 0.717) is 5.69 Å². The van der Waals surface area contributed by atoms with Crippen molar-refractivity contribution in [3.63, 3.8) is 0 Å². The van der Waals surface area contributed by atoms with Gasteiger partial charge in [0, 0.05) is 6.20 Å². The van der Waals surface area contributed by atoms with Crippen LogP contribution in [-0.4, -0.2) is 27.7 Å². The smallest absolute Gasteiger partial charge is 0.326 e. The van der Waals surface area contributed by atoms with Gasteiger partial charge >= 0.3 is 5.97 Å². The lowest BCUT2D eigenvalue weighted by Crippen LogP contribution is -2.42. The Bertz CT molecular complexity index is 426. The Labute approximate surface area is 107 Å². The first-order chi connectivity index (χ1) is 8.22. The summed E-state index contributed by atoms with van der Waals surface area (Å²) in [6.07, 6.45) is 0.383. The summed E-state index contributed by atoms with van der Waals surface area (Å²) in [6, 6.07) is 2.41. The van der Waals surface area contributed by atoms with Gasteiger partial charge in [-0.1, -0.05) is 6.07 Å². The van der Waals surface area contributed by atoms with Gasteiger partial charge in [0.15, 0.2) is 0 Å². The number of aryl methyl sites for hydroxylation is 1. The maximum atomic E-state index is 11.7. The van der Waals surface area contributed by atoms with Crippen LogP contribution in [0.15, 0.2) is 18.3 Å². The molecule has 0 unspecified atom stereocenters. The lowest BCUT2D eigenvalue weighted by molar-refractivity contribution is -0.159. The minimum absolute atomic E-state index is 0.399. The zero-order valence-electron chi connectivity index (χ0n) is 11.2. The number of carbonyl (C=O) groups is 1. The normalized spacial score (nSPS) is 15.0. The molecular formula is C13H20N2O3. The van der Waals surface area contributed by atoms with E-state index in [0.717, 1.165) is 5.56 Å². The highest BCUT2D eigenvalue weighted by atomic mass is 16.6. The third-order valence-electron chi connectivity index (χ3n) is 2.35. The van der Waals surface area contributed by atoms with E-state index in [-0.39, 0.29) is 0 Å². The minimum Gasteiger partial charge on any atom is -0.459 e. The number of rotatable bonds is 3. The standard InChI is InChI=1S/C13H20N2O3/c1-8-6-5-7-15-10(8)11(16)9(14)12(17)18-13(2,3)4/h5-7,9,11,16H,14H2,1-4H3/t9-,11-/m1/s1. The van der Waals surface area contributed by atoms with Crippen LogP contribution in [0.25, 0.3) is 0 Å². The molecule has 5 heteroatoms. The van der Waals surface area contributed by atoms with Crippen LogP contribution in [0.5, 0.6) is 0 Å².